The van der Waals surface area contributed by atoms with Crippen molar-refractivity contribution >= 4 is 0 Å². The second-order valence-electron chi connectivity index (χ2n) is 7.23. The number of benzene rings is 1. The third kappa shape index (κ3) is 3.01. The van der Waals surface area contributed by atoms with E-state index in [-0.39, 0.29) is 0 Å². The van der Waals surface area contributed by atoms with Crippen molar-refractivity contribution in [1.29, 1.82) is 0 Å². The Labute approximate surface area is 144 Å². The van der Waals surface area contributed by atoms with E-state index in [9.17, 15) is 0 Å². The van der Waals surface area contributed by atoms with E-state index >= 15 is 0 Å². The van der Waals surface area contributed by atoms with Crippen LogP contribution in [-0.2, 0) is 11.2 Å². The van der Waals surface area contributed by atoms with Crippen LogP contribution in [0.25, 0.3) is 5.69 Å². The van der Waals surface area contributed by atoms with Crippen molar-refractivity contribution in [1.82, 2.24) is 15.1 Å². The molecule has 128 valence electrons. The minimum Gasteiger partial charge on any atom is -0.381 e. The van der Waals surface area contributed by atoms with Gasteiger partial charge >= 0.3 is 0 Å². The van der Waals surface area contributed by atoms with E-state index in [1.54, 1.807) is 0 Å². The molecule has 0 saturated carbocycles. The van der Waals surface area contributed by atoms with Crippen LogP contribution < -0.4 is 5.32 Å². The number of ether oxygens (including phenoxy) is 1. The third-order valence-corrected chi connectivity index (χ3v) is 5.58. The highest BCUT2D eigenvalue weighted by Crippen LogP contribution is 2.32. The van der Waals surface area contributed by atoms with Gasteiger partial charge < -0.3 is 10.1 Å². The molecular weight excluding hydrogens is 298 g/mol. The van der Waals surface area contributed by atoms with Gasteiger partial charge in [0.05, 0.1) is 11.9 Å². The average Bonchev–Trinajstić information content (AvgIpc) is 3.03. The molecule has 2 aromatic rings. The summed E-state index contributed by atoms with van der Waals surface area (Å²) in [6, 6.07) is 7.65. The zero-order valence-corrected chi connectivity index (χ0v) is 14.7. The fraction of sp³-hybridized carbons (Fsp3) is 0.550. The van der Waals surface area contributed by atoms with Crippen molar-refractivity contribution in [2.24, 2.45) is 0 Å². The maximum Gasteiger partial charge on any atom is 0.0651 e. The zero-order valence-electron chi connectivity index (χ0n) is 14.7. The summed E-state index contributed by atoms with van der Waals surface area (Å²) in [5.74, 6) is 0. The molecule has 0 spiro atoms. The largest absolute Gasteiger partial charge is 0.381 e. The maximum absolute atomic E-state index is 5.48. The number of fused-ring (bicyclic) bond motifs is 1. The second kappa shape index (κ2) is 6.69. The molecule has 4 heteroatoms. The topological polar surface area (TPSA) is 39.1 Å². The van der Waals surface area contributed by atoms with E-state index in [0.717, 1.165) is 32.5 Å². The number of nitrogens with one attached hydrogen (secondary N) is 1. The Hall–Kier alpha value is -1.65. The van der Waals surface area contributed by atoms with Crippen LogP contribution in [0.5, 0.6) is 0 Å². The molecule has 2 heterocycles. The van der Waals surface area contributed by atoms with Crippen LogP contribution >= 0.6 is 0 Å². The monoisotopic (exact) mass is 325 g/mol. The number of aromatic nitrogens is 2. The molecule has 0 radical (unpaired) electrons. The van der Waals surface area contributed by atoms with Crippen LogP contribution in [0.4, 0.5) is 0 Å². The first kappa shape index (κ1) is 15.9. The predicted octanol–water partition coefficient (Wildman–Crippen LogP) is 3.64. The molecule has 0 amide bonds. The molecule has 1 aromatic carbocycles. The maximum atomic E-state index is 5.48. The lowest BCUT2D eigenvalue weighted by molar-refractivity contribution is 0.0741. The Morgan fingerprint density at radius 2 is 1.96 bits per heavy atom. The lowest BCUT2D eigenvalue weighted by Gasteiger charge is -2.31. The van der Waals surface area contributed by atoms with Crippen molar-refractivity contribution in [3.05, 3.63) is 46.8 Å². The minimum absolute atomic E-state index is 0.442. The summed E-state index contributed by atoms with van der Waals surface area (Å²) < 4.78 is 7.64. The highest BCUT2D eigenvalue weighted by molar-refractivity contribution is 5.42. The van der Waals surface area contributed by atoms with Gasteiger partial charge in [-0.1, -0.05) is 6.07 Å². The molecule has 0 unspecified atom stereocenters. The molecule has 24 heavy (non-hydrogen) atoms. The lowest BCUT2D eigenvalue weighted by atomic mass is 9.91. The Balaban J connectivity index is 1.60. The molecule has 0 bridgehead atoms. The number of nitrogens with zero attached hydrogens (tertiary/aromatic N) is 2. The van der Waals surface area contributed by atoms with Crippen LogP contribution in [0.15, 0.2) is 24.4 Å². The van der Waals surface area contributed by atoms with Gasteiger partial charge in [0, 0.05) is 36.6 Å². The first-order valence-corrected chi connectivity index (χ1v) is 9.20. The molecule has 1 atom stereocenters. The standard InChI is InChI=1S/C20H27N3O/c1-14-6-7-17(12-15(14)2)23-20-5-3-4-19(18(20)13-21-23)22-16-8-10-24-11-9-16/h6-7,12-13,16,19,22H,3-5,8-11H2,1-2H3/t19-/m0/s1. The van der Waals surface area contributed by atoms with Gasteiger partial charge in [0.1, 0.15) is 0 Å². The Morgan fingerprint density at radius 3 is 2.75 bits per heavy atom. The number of hydrogen-bond acceptors (Lipinski definition) is 3. The number of aryl methyl sites for hydroxylation is 2. The van der Waals surface area contributed by atoms with Crippen molar-refractivity contribution in [2.75, 3.05) is 13.2 Å². The second-order valence-corrected chi connectivity index (χ2v) is 7.23. The van der Waals surface area contributed by atoms with E-state index in [4.69, 9.17) is 9.84 Å². The Morgan fingerprint density at radius 1 is 1.12 bits per heavy atom. The van der Waals surface area contributed by atoms with Gasteiger partial charge in [0.15, 0.2) is 0 Å². The summed E-state index contributed by atoms with van der Waals surface area (Å²) in [6.45, 7) is 6.11. The van der Waals surface area contributed by atoms with Crippen LogP contribution in [0.3, 0.4) is 0 Å². The van der Waals surface area contributed by atoms with Crippen LogP contribution in [-0.4, -0.2) is 29.0 Å². The molecule has 4 nitrogen and oxygen atoms in total. The Bertz CT molecular complexity index is 716. The molecule has 1 N–H and O–H groups in total. The smallest absolute Gasteiger partial charge is 0.0651 e. The summed E-state index contributed by atoms with van der Waals surface area (Å²) in [5, 5.41) is 8.60. The van der Waals surface area contributed by atoms with E-state index < -0.39 is 0 Å². The summed E-state index contributed by atoms with van der Waals surface area (Å²) in [5.41, 5.74) is 6.62. The predicted molar refractivity (Wildman–Crippen MR) is 95.7 cm³/mol. The molecule has 1 saturated heterocycles. The molecule has 1 fully saturated rings. The van der Waals surface area contributed by atoms with Gasteiger partial charge in [-0.3, -0.25) is 0 Å². The van der Waals surface area contributed by atoms with Gasteiger partial charge in [-0.25, -0.2) is 4.68 Å². The molecule has 1 aliphatic carbocycles. The van der Waals surface area contributed by atoms with E-state index in [1.165, 1.54) is 40.9 Å². The number of rotatable bonds is 3. The van der Waals surface area contributed by atoms with Gasteiger partial charge in [-0.2, -0.15) is 5.10 Å². The summed E-state index contributed by atoms with van der Waals surface area (Å²) in [6.07, 6.45) is 7.89. The molecule has 1 aromatic heterocycles. The quantitative estimate of drug-likeness (QED) is 0.936. The van der Waals surface area contributed by atoms with Crippen molar-refractivity contribution in [2.45, 2.75) is 58.0 Å². The highest BCUT2D eigenvalue weighted by atomic mass is 16.5. The van der Waals surface area contributed by atoms with Gasteiger partial charge in [-0.15, -0.1) is 0 Å². The molecular formula is C20H27N3O. The SMILES string of the molecule is Cc1ccc(-n2ncc3c2CCC[C@@H]3NC2CCOCC2)cc1C. The zero-order chi connectivity index (χ0) is 16.5. The van der Waals surface area contributed by atoms with Crippen molar-refractivity contribution < 1.29 is 4.74 Å². The minimum atomic E-state index is 0.442. The summed E-state index contributed by atoms with van der Waals surface area (Å²) in [4.78, 5) is 0. The van der Waals surface area contributed by atoms with Crippen molar-refractivity contribution in [3.63, 3.8) is 0 Å². The van der Waals surface area contributed by atoms with Crippen LogP contribution in [0.2, 0.25) is 0 Å². The van der Waals surface area contributed by atoms with Gasteiger partial charge in [-0.05, 0) is 69.2 Å². The van der Waals surface area contributed by atoms with Crippen LogP contribution in [0, 0.1) is 13.8 Å². The molecule has 4 rings (SSSR count). The average molecular weight is 325 g/mol. The fourth-order valence-corrected chi connectivity index (χ4v) is 3.96. The Kier molecular flexibility index (Phi) is 4.42. The van der Waals surface area contributed by atoms with Crippen LogP contribution in [0.1, 0.15) is 54.1 Å². The first-order valence-electron chi connectivity index (χ1n) is 9.20. The summed E-state index contributed by atoms with van der Waals surface area (Å²) in [7, 11) is 0. The normalized spacial score (nSPS) is 21.7. The van der Waals surface area contributed by atoms with Gasteiger partial charge in [0.2, 0.25) is 0 Å². The van der Waals surface area contributed by atoms with E-state index in [2.05, 4.69) is 48.2 Å². The first-order chi connectivity index (χ1) is 11.7. The lowest BCUT2D eigenvalue weighted by Crippen LogP contribution is -2.38. The van der Waals surface area contributed by atoms with Crippen molar-refractivity contribution in [3.8, 4) is 5.69 Å². The van der Waals surface area contributed by atoms with E-state index in [0.29, 0.717) is 12.1 Å². The fourth-order valence-electron chi connectivity index (χ4n) is 3.96. The van der Waals surface area contributed by atoms with E-state index in [1.807, 2.05) is 0 Å². The number of hydrogen-bond donors (Lipinski definition) is 1. The third-order valence-electron chi connectivity index (χ3n) is 5.58. The molecule has 1 aliphatic heterocycles. The van der Waals surface area contributed by atoms with Gasteiger partial charge in [0.25, 0.3) is 0 Å². The highest BCUT2D eigenvalue weighted by Gasteiger charge is 2.27. The summed E-state index contributed by atoms with van der Waals surface area (Å²) >= 11 is 0. The molecule has 2 aliphatic rings.